The number of nitrogens with zero attached hydrogens (tertiary/aromatic N) is 3. The zero-order valence-corrected chi connectivity index (χ0v) is 16.8. The van der Waals surface area contributed by atoms with Crippen LogP contribution in [0.4, 0.5) is 5.82 Å². The number of pyridine rings is 1. The number of anilines is 1. The monoisotopic (exact) mass is 393 g/mol. The molecule has 1 aromatic carbocycles. The van der Waals surface area contributed by atoms with Crippen LogP contribution in [0.25, 0.3) is 11.1 Å². The number of hydrogen-bond donors (Lipinski definition) is 2. The highest BCUT2D eigenvalue weighted by molar-refractivity contribution is 5.90. The van der Waals surface area contributed by atoms with Crippen LogP contribution >= 0.6 is 0 Å². The average Bonchev–Trinajstić information content (AvgIpc) is 3.18. The lowest BCUT2D eigenvalue weighted by Crippen LogP contribution is -2.24. The van der Waals surface area contributed by atoms with Crippen molar-refractivity contribution in [1.82, 2.24) is 20.4 Å². The summed E-state index contributed by atoms with van der Waals surface area (Å²) < 4.78 is 5.16. The molecular formula is C21H23N5O3. The second kappa shape index (κ2) is 8.22. The Morgan fingerprint density at radius 3 is 2.59 bits per heavy atom. The number of amides is 2. The number of carbonyl (C=O) groups is 2. The second-order valence-corrected chi connectivity index (χ2v) is 7.69. The van der Waals surface area contributed by atoms with Crippen LogP contribution in [-0.4, -0.2) is 27.4 Å². The Balaban J connectivity index is 1.69. The van der Waals surface area contributed by atoms with Crippen molar-refractivity contribution in [1.29, 1.82) is 0 Å². The number of rotatable bonds is 6. The lowest BCUT2D eigenvalue weighted by molar-refractivity contribution is -0.105. The van der Waals surface area contributed by atoms with Gasteiger partial charge in [-0.05, 0) is 41.3 Å². The molecule has 0 aliphatic heterocycles. The van der Waals surface area contributed by atoms with Gasteiger partial charge in [-0.25, -0.2) is 4.98 Å². The van der Waals surface area contributed by atoms with Crippen molar-refractivity contribution >= 4 is 18.1 Å². The largest absolute Gasteiger partial charge is 0.345 e. The Bertz CT molecular complexity index is 1040. The molecule has 0 bridgehead atoms. The lowest BCUT2D eigenvalue weighted by Gasteiger charge is -2.11. The summed E-state index contributed by atoms with van der Waals surface area (Å²) >= 11 is 0. The van der Waals surface area contributed by atoms with Crippen molar-refractivity contribution in [3.8, 4) is 11.1 Å². The molecule has 2 aromatic heterocycles. The van der Waals surface area contributed by atoms with Gasteiger partial charge >= 0.3 is 0 Å². The summed E-state index contributed by atoms with van der Waals surface area (Å²) in [4.78, 5) is 31.2. The molecule has 0 aliphatic carbocycles. The summed E-state index contributed by atoms with van der Waals surface area (Å²) in [5.74, 6) is 0.549. The van der Waals surface area contributed by atoms with Crippen molar-refractivity contribution in [2.75, 3.05) is 5.32 Å². The standard InChI is InChI=1S/C21H23N5O3/c1-13-9-14(15-7-8-22-17(10-15)24-12-27)5-6-16(13)11-23-19(28)18-25-20(29-26-18)21(2,3)4/h5-10,12H,11H2,1-4H3,(H,23,28)(H,22,24,27). The number of nitrogens with one attached hydrogen (secondary N) is 2. The van der Waals surface area contributed by atoms with Gasteiger partial charge in [-0.1, -0.05) is 44.1 Å². The van der Waals surface area contributed by atoms with E-state index in [2.05, 4.69) is 25.8 Å². The van der Waals surface area contributed by atoms with E-state index in [-0.39, 0.29) is 17.1 Å². The molecule has 8 nitrogen and oxygen atoms in total. The highest BCUT2D eigenvalue weighted by Gasteiger charge is 2.24. The fourth-order valence-corrected chi connectivity index (χ4v) is 2.70. The van der Waals surface area contributed by atoms with Gasteiger partial charge < -0.3 is 15.2 Å². The molecule has 29 heavy (non-hydrogen) atoms. The molecule has 3 rings (SSSR count). The van der Waals surface area contributed by atoms with Crippen molar-refractivity contribution in [3.63, 3.8) is 0 Å². The summed E-state index contributed by atoms with van der Waals surface area (Å²) in [5.41, 5.74) is 3.60. The van der Waals surface area contributed by atoms with Crippen molar-refractivity contribution in [2.45, 2.75) is 39.7 Å². The maximum Gasteiger partial charge on any atom is 0.292 e. The normalized spacial score (nSPS) is 11.2. The molecule has 0 unspecified atom stereocenters. The van der Waals surface area contributed by atoms with Gasteiger partial charge in [-0.15, -0.1) is 0 Å². The molecule has 0 spiro atoms. The maximum atomic E-state index is 12.3. The molecule has 2 heterocycles. The highest BCUT2D eigenvalue weighted by atomic mass is 16.5. The van der Waals surface area contributed by atoms with Gasteiger partial charge in [0.1, 0.15) is 5.82 Å². The van der Waals surface area contributed by atoms with E-state index in [4.69, 9.17) is 4.52 Å². The minimum atomic E-state index is -0.383. The van der Waals surface area contributed by atoms with Gasteiger partial charge in [0.2, 0.25) is 12.3 Å². The van der Waals surface area contributed by atoms with E-state index < -0.39 is 0 Å². The lowest BCUT2D eigenvalue weighted by atomic mass is 9.97. The number of aromatic nitrogens is 3. The molecule has 3 aromatic rings. The summed E-state index contributed by atoms with van der Waals surface area (Å²) in [6, 6.07) is 9.60. The van der Waals surface area contributed by atoms with Crippen molar-refractivity contribution in [2.24, 2.45) is 0 Å². The first-order valence-electron chi connectivity index (χ1n) is 9.16. The zero-order chi connectivity index (χ0) is 21.0. The fourth-order valence-electron chi connectivity index (χ4n) is 2.70. The van der Waals surface area contributed by atoms with Crippen LogP contribution in [0.15, 0.2) is 41.1 Å². The zero-order valence-electron chi connectivity index (χ0n) is 16.8. The van der Waals surface area contributed by atoms with Gasteiger partial charge in [0, 0.05) is 18.2 Å². The van der Waals surface area contributed by atoms with E-state index in [0.717, 1.165) is 22.3 Å². The van der Waals surface area contributed by atoms with Crippen LogP contribution in [0.3, 0.4) is 0 Å². The van der Waals surface area contributed by atoms with Crippen molar-refractivity contribution < 1.29 is 14.1 Å². The quantitative estimate of drug-likeness (QED) is 0.622. The molecule has 0 saturated carbocycles. The Kier molecular flexibility index (Phi) is 5.72. The predicted molar refractivity (Wildman–Crippen MR) is 108 cm³/mol. The summed E-state index contributed by atoms with van der Waals surface area (Å²) in [6.07, 6.45) is 2.23. The van der Waals surface area contributed by atoms with Crippen LogP contribution in [0.2, 0.25) is 0 Å². The Hall–Kier alpha value is -3.55. The number of hydrogen-bond acceptors (Lipinski definition) is 6. The van der Waals surface area contributed by atoms with Crippen LogP contribution in [-0.2, 0) is 16.8 Å². The minimum Gasteiger partial charge on any atom is -0.345 e. The molecule has 0 fully saturated rings. The fraction of sp³-hybridized carbons (Fsp3) is 0.286. The van der Waals surface area contributed by atoms with Gasteiger partial charge in [0.05, 0.1) is 0 Å². The highest BCUT2D eigenvalue weighted by Crippen LogP contribution is 2.24. The molecule has 0 atom stereocenters. The molecule has 8 heteroatoms. The van der Waals surface area contributed by atoms with E-state index in [1.807, 2.05) is 52.0 Å². The smallest absolute Gasteiger partial charge is 0.292 e. The third kappa shape index (κ3) is 4.84. The van der Waals surface area contributed by atoms with E-state index >= 15 is 0 Å². The second-order valence-electron chi connectivity index (χ2n) is 7.69. The predicted octanol–water partition coefficient (Wildman–Crippen LogP) is 3.24. The van der Waals surface area contributed by atoms with E-state index in [1.165, 1.54) is 0 Å². The first-order chi connectivity index (χ1) is 13.8. The molecule has 2 N–H and O–H groups in total. The minimum absolute atomic E-state index is 0.0243. The van der Waals surface area contributed by atoms with Gasteiger partial charge in [-0.2, -0.15) is 4.98 Å². The number of aryl methyl sites for hydroxylation is 1. The Morgan fingerprint density at radius 2 is 1.93 bits per heavy atom. The first kappa shape index (κ1) is 20.2. The SMILES string of the molecule is Cc1cc(-c2ccnc(NC=O)c2)ccc1CNC(=O)c1noc(C(C)(C)C)n1. The topological polar surface area (TPSA) is 110 Å². The third-order valence-electron chi connectivity index (χ3n) is 4.35. The van der Waals surface area contributed by atoms with E-state index in [9.17, 15) is 9.59 Å². The summed E-state index contributed by atoms with van der Waals surface area (Å²) in [5, 5.41) is 9.13. The number of benzene rings is 1. The molecule has 150 valence electrons. The first-order valence-corrected chi connectivity index (χ1v) is 9.16. The van der Waals surface area contributed by atoms with E-state index in [0.29, 0.717) is 24.7 Å². The Labute approximate surface area is 168 Å². The Morgan fingerprint density at radius 1 is 1.17 bits per heavy atom. The molecular weight excluding hydrogens is 370 g/mol. The van der Waals surface area contributed by atoms with Gasteiger partial charge in [0.25, 0.3) is 11.7 Å². The molecule has 0 radical (unpaired) electrons. The van der Waals surface area contributed by atoms with Gasteiger partial charge in [-0.3, -0.25) is 9.59 Å². The number of carbonyl (C=O) groups excluding carboxylic acids is 2. The van der Waals surface area contributed by atoms with Gasteiger partial charge in [0.15, 0.2) is 0 Å². The van der Waals surface area contributed by atoms with Crippen LogP contribution in [0.1, 0.15) is 48.4 Å². The molecule has 0 saturated heterocycles. The third-order valence-corrected chi connectivity index (χ3v) is 4.35. The summed E-state index contributed by atoms with van der Waals surface area (Å²) in [6.45, 7) is 8.14. The van der Waals surface area contributed by atoms with Crippen LogP contribution in [0, 0.1) is 6.92 Å². The summed E-state index contributed by atoms with van der Waals surface area (Å²) in [7, 11) is 0. The van der Waals surface area contributed by atoms with Crippen molar-refractivity contribution in [3.05, 3.63) is 59.4 Å². The molecule has 0 aliphatic rings. The molecule has 2 amide bonds. The maximum absolute atomic E-state index is 12.3. The van der Waals surface area contributed by atoms with Crippen LogP contribution < -0.4 is 10.6 Å². The average molecular weight is 393 g/mol. The van der Waals surface area contributed by atoms with Crippen LogP contribution in [0.5, 0.6) is 0 Å². The van der Waals surface area contributed by atoms with E-state index in [1.54, 1.807) is 12.3 Å².